The Morgan fingerprint density at radius 3 is 2.50 bits per heavy atom. The predicted molar refractivity (Wildman–Crippen MR) is 78.1 cm³/mol. The molecule has 1 saturated heterocycles. The summed E-state index contributed by atoms with van der Waals surface area (Å²) in [4.78, 5) is 4.10. The standard InChI is InChI=1S/C14H16BF2N3O2/c1-13(2)14(3,4)22-15(21-13)10(17)7-11-18-12-6-5-9(16)8-20(12)19-11/h5-8H,1-4H3. The van der Waals surface area contributed by atoms with E-state index in [2.05, 4.69) is 10.1 Å². The van der Waals surface area contributed by atoms with Gasteiger partial charge in [-0.1, -0.05) is 0 Å². The predicted octanol–water partition coefficient (Wildman–Crippen LogP) is 2.81. The lowest BCUT2D eigenvalue weighted by atomic mass is 9.88. The monoisotopic (exact) mass is 307 g/mol. The summed E-state index contributed by atoms with van der Waals surface area (Å²) in [5.41, 5.74) is -1.46. The zero-order chi connectivity index (χ0) is 16.1. The minimum Gasteiger partial charge on any atom is -0.398 e. The van der Waals surface area contributed by atoms with Crippen molar-refractivity contribution in [2.75, 3.05) is 0 Å². The van der Waals surface area contributed by atoms with Crippen LogP contribution in [0.2, 0.25) is 0 Å². The average molecular weight is 307 g/mol. The van der Waals surface area contributed by atoms with E-state index in [1.54, 1.807) is 0 Å². The maximum atomic E-state index is 14.3. The van der Waals surface area contributed by atoms with Crippen LogP contribution in [0.15, 0.2) is 24.1 Å². The number of hydrogen-bond donors (Lipinski definition) is 0. The number of rotatable bonds is 2. The minimum absolute atomic E-state index is 0.123. The summed E-state index contributed by atoms with van der Waals surface area (Å²) in [6.07, 6.45) is 2.30. The van der Waals surface area contributed by atoms with E-state index in [4.69, 9.17) is 9.31 Å². The molecule has 0 radical (unpaired) electrons. The molecule has 0 aliphatic carbocycles. The SMILES string of the molecule is CC1(C)OB(C(F)=Cc2nc3ccc(F)cn3n2)OC1(C)C. The van der Waals surface area contributed by atoms with Crippen LogP contribution in [0.4, 0.5) is 8.78 Å². The lowest BCUT2D eigenvalue weighted by Gasteiger charge is -2.32. The second kappa shape index (κ2) is 4.86. The van der Waals surface area contributed by atoms with Gasteiger partial charge in [-0.25, -0.2) is 18.3 Å². The van der Waals surface area contributed by atoms with Crippen LogP contribution in [-0.2, 0) is 9.31 Å². The molecule has 0 unspecified atom stereocenters. The van der Waals surface area contributed by atoms with E-state index in [1.165, 1.54) is 22.8 Å². The molecule has 0 N–H and O–H groups in total. The van der Waals surface area contributed by atoms with Crippen LogP contribution in [0, 0.1) is 5.82 Å². The van der Waals surface area contributed by atoms with Crippen molar-refractivity contribution in [3.63, 3.8) is 0 Å². The minimum atomic E-state index is -1.10. The van der Waals surface area contributed by atoms with Crippen LogP contribution >= 0.6 is 0 Å². The van der Waals surface area contributed by atoms with E-state index >= 15 is 0 Å². The first kappa shape index (κ1) is 15.1. The van der Waals surface area contributed by atoms with Crippen LogP contribution in [-0.4, -0.2) is 32.9 Å². The van der Waals surface area contributed by atoms with Crippen LogP contribution in [0.5, 0.6) is 0 Å². The second-order valence-electron chi connectivity index (χ2n) is 6.24. The summed E-state index contributed by atoms with van der Waals surface area (Å²) in [5, 5.41) is 4.00. The molecule has 3 rings (SSSR count). The number of nitrogens with zero attached hydrogens (tertiary/aromatic N) is 3. The molecular formula is C14H16BF2N3O2. The van der Waals surface area contributed by atoms with Gasteiger partial charge in [0.15, 0.2) is 11.5 Å². The third-order valence-corrected chi connectivity index (χ3v) is 4.06. The molecule has 0 spiro atoms. The molecule has 0 aromatic carbocycles. The van der Waals surface area contributed by atoms with Crippen LogP contribution in [0.25, 0.3) is 11.7 Å². The molecule has 0 atom stereocenters. The van der Waals surface area contributed by atoms with Crippen molar-refractivity contribution in [2.24, 2.45) is 0 Å². The van der Waals surface area contributed by atoms with Crippen LogP contribution in [0.3, 0.4) is 0 Å². The summed E-state index contributed by atoms with van der Waals surface area (Å²) in [6, 6.07) is 2.73. The first-order valence-corrected chi connectivity index (χ1v) is 6.93. The van der Waals surface area contributed by atoms with Crippen molar-refractivity contribution in [3.05, 3.63) is 35.7 Å². The summed E-state index contributed by atoms with van der Waals surface area (Å²) in [7, 11) is -1.10. The number of pyridine rings is 1. The quantitative estimate of drug-likeness (QED) is 0.801. The van der Waals surface area contributed by atoms with Gasteiger partial charge in [-0.15, -0.1) is 5.10 Å². The Kier molecular flexibility index (Phi) is 3.34. The third kappa shape index (κ3) is 2.52. The Bertz CT molecular complexity index is 742. The van der Waals surface area contributed by atoms with Gasteiger partial charge < -0.3 is 9.31 Å². The molecule has 2 aromatic rings. The van der Waals surface area contributed by atoms with Crippen molar-refractivity contribution < 1.29 is 18.1 Å². The van der Waals surface area contributed by atoms with Crippen molar-refractivity contribution in [1.29, 1.82) is 0 Å². The number of aromatic nitrogens is 3. The molecule has 5 nitrogen and oxygen atoms in total. The number of halogens is 2. The Morgan fingerprint density at radius 2 is 1.86 bits per heavy atom. The Morgan fingerprint density at radius 1 is 1.23 bits per heavy atom. The topological polar surface area (TPSA) is 48.7 Å². The van der Waals surface area contributed by atoms with E-state index in [0.717, 1.165) is 6.08 Å². The van der Waals surface area contributed by atoms with E-state index in [-0.39, 0.29) is 5.82 Å². The summed E-state index contributed by atoms with van der Waals surface area (Å²) in [5.74, 6) is -0.322. The summed E-state index contributed by atoms with van der Waals surface area (Å²) >= 11 is 0. The number of hydrogen-bond acceptors (Lipinski definition) is 4. The van der Waals surface area contributed by atoms with Crippen molar-refractivity contribution in [1.82, 2.24) is 14.6 Å². The Hall–Kier alpha value is -1.80. The first-order chi connectivity index (χ1) is 10.2. The molecule has 1 fully saturated rings. The molecule has 1 aliphatic heterocycles. The van der Waals surface area contributed by atoms with E-state index in [9.17, 15) is 8.78 Å². The van der Waals surface area contributed by atoms with Crippen molar-refractivity contribution in [2.45, 2.75) is 38.9 Å². The summed E-state index contributed by atoms with van der Waals surface area (Å²) in [6.45, 7) is 7.36. The molecular weight excluding hydrogens is 291 g/mol. The lowest BCUT2D eigenvalue weighted by Crippen LogP contribution is -2.41. The van der Waals surface area contributed by atoms with Gasteiger partial charge in [0.1, 0.15) is 11.5 Å². The van der Waals surface area contributed by atoms with Gasteiger partial charge in [-0.05, 0) is 39.8 Å². The largest absolute Gasteiger partial charge is 0.525 e. The highest BCUT2D eigenvalue weighted by atomic mass is 19.1. The van der Waals surface area contributed by atoms with Gasteiger partial charge in [-0.2, -0.15) is 0 Å². The zero-order valence-corrected chi connectivity index (χ0v) is 12.8. The zero-order valence-electron chi connectivity index (χ0n) is 12.8. The summed E-state index contributed by atoms with van der Waals surface area (Å²) < 4.78 is 39.9. The van der Waals surface area contributed by atoms with Crippen LogP contribution < -0.4 is 0 Å². The highest BCUT2D eigenvalue weighted by Crippen LogP contribution is 2.38. The van der Waals surface area contributed by atoms with Gasteiger partial charge in [-0.3, -0.25) is 0 Å². The maximum absolute atomic E-state index is 14.3. The smallest absolute Gasteiger partial charge is 0.398 e. The second-order valence-corrected chi connectivity index (χ2v) is 6.24. The van der Waals surface area contributed by atoms with Crippen LogP contribution in [0.1, 0.15) is 33.5 Å². The molecule has 8 heteroatoms. The van der Waals surface area contributed by atoms with Gasteiger partial charge in [0.2, 0.25) is 0 Å². The highest BCUT2D eigenvalue weighted by Gasteiger charge is 2.53. The fourth-order valence-electron chi connectivity index (χ4n) is 2.08. The van der Waals surface area contributed by atoms with Gasteiger partial charge in [0.05, 0.1) is 17.4 Å². The molecule has 0 bridgehead atoms. The first-order valence-electron chi connectivity index (χ1n) is 6.93. The molecule has 2 aromatic heterocycles. The van der Waals surface area contributed by atoms with Crippen molar-refractivity contribution in [3.8, 4) is 0 Å². The van der Waals surface area contributed by atoms with Crippen molar-refractivity contribution >= 4 is 18.8 Å². The maximum Gasteiger partial charge on any atom is 0.525 e. The average Bonchev–Trinajstić information content (AvgIpc) is 2.87. The molecule has 0 amide bonds. The fourth-order valence-corrected chi connectivity index (χ4v) is 2.08. The molecule has 1 aliphatic rings. The van der Waals surface area contributed by atoms with E-state index in [0.29, 0.717) is 5.65 Å². The van der Waals surface area contributed by atoms with Gasteiger partial charge in [0.25, 0.3) is 0 Å². The molecule has 3 heterocycles. The molecule has 116 valence electrons. The normalized spacial score (nSPS) is 20.8. The van der Waals surface area contributed by atoms with E-state index in [1.807, 2.05) is 27.7 Å². The van der Waals surface area contributed by atoms with Gasteiger partial charge >= 0.3 is 7.12 Å². The van der Waals surface area contributed by atoms with E-state index < -0.39 is 29.9 Å². The lowest BCUT2D eigenvalue weighted by molar-refractivity contribution is 0.00578. The highest BCUT2D eigenvalue weighted by molar-refractivity contribution is 6.54. The molecule has 22 heavy (non-hydrogen) atoms. The fraction of sp³-hybridized carbons (Fsp3) is 0.429. The third-order valence-electron chi connectivity index (χ3n) is 4.06. The Balaban J connectivity index is 1.88. The van der Waals surface area contributed by atoms with Gasteiger partial charge in [0, 0.05) is 6.08 Å². The Labute approximate surface area is 127 Å². The molecule has 0 saturated carbocycles. The number of fused-ring (bicyclic) bond motifs is 1.